The summed E-state index contributed by atoms with van der Waals surface area (Å²) in [7, 11) is 0. The summed E-state index contributed by atoms with van der Waals surface area (Å²) in [5.41, 5.74) is 1.30. The molecule has 178 valence electrons. The van der Waals surface area contributed by atoms with E-state index in [0.29, 0.717) is 37.3 Å². The number of aryl methyl sites for hydroxylation is 2. The largest absolute Gasteiger partial charge is 0.482 e. The zero-order valence-electron chi connectivity index (χ0n) is 18.1. The van der Waals surface area contributed by atoms with Crippen molar-refractivity contribution in [3.63, 3.8) is 0 Å². The number of piperazine rings is 1. The van der Waals surface area contributed by atoms with Crippen molar-refractivity contribution in [2.45, 2.75) is 33.0 Å². The van der Waals surface area contributed by atoms with Gasteiger partial charge in [0.05, 0.1) is 5.69 Å². The number of rotatable bonds is 7. The fraction of sp³-hybridized carbons (Fsp3) is 0.524. The van der Waals surface area contributed by atoms with Gasteiger partial charge in [0, 0.05) is 44.5 Å². The lowest BCUT2D eigenvalue weighted by atomic mass is 10.1. The van der Waals surface area contributed by atoms with Crippen LogP contribution >= 0.6 is 17.0 Å². The van der Waals surface area contributed by atoms with Gasteiger partial charge in [-0.2, -0.15) is 13.2 Å². The Morgan fingerprint density at radius 2 is 1.75 bits per heavy atom. The van der Waals surface area contributed by atoms with E-state index in [0.717, 1.165) is 25.2 Å². The number of aromatic nitrogens is 2. The van der Waals surface area contributed by atoms with E-state index in [-0.39, 0.29) is 28.3 Å². The van der Waals surface area contributed by atoms with Gasteiger partial charge in [-0.3, -0.25) is 14.3 Å². The first-order valence-electron chi connectivity index (χ1n) is 10.2. The molecule has 32 heavy (non-hydrogen) atoms. The predicted molar refractivity (Wildman–Crippen MR) is 122 cm³/mol. The summed E-state index contributed by atoms with van der Waals surface area (Å²) in [6.07, 6.45) is -2.32. The van der Waals surface area contributed by atoms with E-state index < -0.39 is 18.5 Å². The highest BCUT2D eigenvalue weighted by molar-refractivity contribution is 8.93. The average molecular weight is 521 g/mol. The highest BCUT2D eigenvalue weighted by Crippen LogP contribution is 2.31. The molecule has 0 radical (unpaired) electrons. The molecule has 1 aromatic carbocycles. The third-order valence-electron chi connectivity index (χ3n) is 5.32. The fourth-order valence-corrected chi connectivity index (χ4v) is 3.64. The number of ether oxygens (including phenoxy) is 1. The standard InChI is InChI=1S/C21H27F3N4O3.BrH/c1-15-4-5-17(18(12-15)31-14-21(22,23)24)27-10-8-26(9-11-27)6-3-7-28-19(29)16(2)13-25-20(28)30;/h4-5,12-13H,3,6-11,14H2,1-2H3,(H,25,30);1H. The Morgan fingerprint density at radius 1 is 1.06 bits per heavy atom. The molecule has 1 aliphatic heterocycles. The van der Waals surface area contributed by atoms with Crippen molar-refractivity contribution < 1.29 is 17.9 Å². The Balaban J connectivity index is 0.00000363. The van der Waals surface area contributed by atoms with Gasteiger partial charge in [-0.05, 0) is 44.5 Å². The van der Waals surface area contributed by atoms with Crippen molar-refractivity contribution in [3.8, 4) is 5.75 Å². The van der Waals surface area contributed by atoms with Crippen LogP contribution < -0.4 is 20.9 Å². The predicted octanol–water partition coefficient (Wildman–Crippen LogP) is 2.88. The normalized spacial score (nSPS) is 14.8. The number of nitrogens with zero attached hydrogens (tertiary/aromatic N) is 3. The maximum atomic E-state index is 12.6. The van der Waals surface area contributed by atoms with Crippen molar-refractivity contribution in [2.24, 2.45) is 0 Å². The minimum absolute atomic E-state index is 0. The van der Waals surface area contributed by atoms with E-state index in [9.17, 15) is 22.8 Å². The first-order chi connectivity index (χ1) is 14.6. The molecule has 0 aliphatic carbocycles. The van der Waals surface area contributed by atoms with Gasteiger partial charge in [0.1, 0.15) is 5.75 Å². The molecular formula is C21H28BrF3N4O3. The molecule has 2 aromatic rings. The Morgan fingerprint density at radius 3 is 2.41 bits per heavy atom. The third kappa shape index (κ3) is 6.86. The van der Waals surface area contributed by atoms with Crippen LogP contribution in [-0.4, -0.2) is 60.0 Å². The van der Waals surface area contributed by atoms with Gasteiger partial charge in [0.15, 0.2) is 6.61 Å². The molecule has 0 amide bonds. The summed E-state index contributed by atoms with van der Waals surface area (Å²) in [6, 6.07) is 5.29. The SMILES string of the molecule is Br.Cc1ccc(N2CCN(CCCn3c(=O)[nH]cc(C)c3=O)CC2)c(OCC(F)(F)F)c1. The molecule has 0 atom stereocenters. The lowest BCUT2D eigenvalue weighted by molar-refractivity contribution is -0.153. The molecule has 2 heterocycles. The smallest absolute Gasteiger partial charge is 0.422 e. The molecule has 1 fully saturated rings. The number of anilines is 1. The molecule has 3 rings (SSSR count). The van der Waals surface area contributed by atoms with Crippen LogP contribution in [0.4, 0.5) is 18.9 Å². The van der Waals surface area contributed by atoms with Gasteiger partial charge in [0.2, 0.25) is 0 Å². The summed E-state index contributed by atoms with van der Waals surface area (Å²) in [5, 5.41) is 0. The number of aromatic amines is 1. The molecule has 1 N–H and O–H groups in total. The van der Waals surface area contributed by atoms with Crippen LogP contribution in [0, 0.1) is 13.8 Å². The Kier molecular flexibility index (Phi) is 8.97. The molecule has 11 heteroatoms. The number of H-pyrrole nitrogens is 1. The quantitative estimate of drug-likeness (QED) is 0.607. The van der Waals surface area contributed by atoms with E-state index in [2.05, 4.69) is 9.88 Å². The summed E-state index contributed by atoms with van der Waals surface area (Å²) >= 11 is 0. The van der Waals surface area contributed by atoms with E-state index >= 15 is 0 Å². The van der Waals surface area contributed by atoms with Crippen molar-refractivity contribution in [2.75, 3.05) is 44.2 Å². The van der Waals surface area contributed by atoms with E-state index in [1.165, 1.54) is 10.8 Å². The number of hydrogen-bond donors (Lipinski definition) is 1. The minimum atomic E-state index is -4.39. The lowest BCUT2D eigenvalue weighted by Crippen LogP contribution is -2.47. The Hall–Kier alpha value is -2.27. The number of halogens is 4. The number of nitrogens with one attached hydrogen (secondary N) is 1. The fourth-order valence-electron chi connectivity index (χ4n) is 3.64. The Labute approximate surface area is 194 Å². The second kappa shape index (κ2) is 11.0. The number of benzene rings is 1. The van der Waals surface area contributed by atoms with E-state index in [4.69, 9.17) is 4.74 Å². The van der Waals surface area contributed by atoms with Crippen LogP contribution in [0.5, 0.6) is 5.75 Å². The first-order valence-corrected chi connectivity index (χ1v) is 10.2. The van der Waals surface area contributed by atoms with Crippen molar-refractivity contribution in [1.82, 2.24) is 14.5 Å². The molecule has 0 unspecified atom stereocenters. The second-order valence-electron chi connectivity index (χ2n) is 7.79. The Bertz CT molecular complexity index is 1010. The van der Waals surface area contributed by atoms with Gasteiger partial charge in [0.25, 0.3) is 5.56 Å². The average Bonchev–Trinajstić information content (AvgIpc) is 2.72. The highest BCUT2D eigenvalue weighted by atomic mass is 79.9. The molecule has 0 bridgehead atoms. The van der Waals surface area contributed by atoms with Gasteiger partial charge in [-0.25, -0.2) is 4.79 Å². The molecule has 7 nitrogen and oxygen atoms in total. The molecule has 1 aliphatic rings. The van der Waals surface area contributed by atoms with Crippen molar-refractivity contribution in [3.05, 3.63) is 56.4 Å². The number of hydrogen-bond acceptors (Lipinski definition) is 5. The maximum Gasteiger partial charge on any atom is 0.422 e. The zero-order chi connectivity index (χ0) is 22.6. The second-order valence-corrected chi connectivity index (χ2v) is 7.79. The van der Waals surface area contributed by atoms with Crippen LogP contribution in [0.3, 0.4) is 0 Å². The van der Waals surface area contributed by atoms with Gasteiger partial charge in [-0.1, -0.05) is 6.07 Å². The van der Waals surface area contributed by atoms with Gasteiger partial charge >= 0.3 is 11.9 Å². The molecule has 0 spiro atoms. The van der Waals surface area contributed by atoms with E-state index in [1.807, 2.05) is 17.9 Å². The van der Waals surface area contributed by atoms with E-state index in [1.54, 1.807) is 19.1 Å². The monoisotopic (exact) mass is 520 g/mol. The summed E-state index contributed by atoms with van der Waals surface area (Å²) in [5.74, 6) is 0.240. The van der Waals surface area contributed by atoms with Gasteiger partial charge < -0.3 is 14.6 Å². The molecule has 1 saturated heterocycles. The van der Waals surface area contributed by atoms with Crippen molar-refractivity contribution >= 4 is 22.7 Å². The lowest BCUT2D eigenvalue weighted by Gasteiger charge is -2.36. The highest BCUT2D eigenvalue weighted by Gasteiger charge is 2.29. The maximum absolute atomic E-state index is 12.6. The van der Waals surface area contributed by atoms with Crippen LogP contribution in [0.2, 0.25) is 0 Å². The zero-order valence-corrected chi connectivity index (χ0v) is 19.8. The molecule has 1 aromatic heterocycles. The molecular weight excluding hydrogens is 493 g/mol. The number of alkyl halides is 3. The van der Waals surface area contributed by atoms with Crippen LogP contribution in [-0.2, 0) is 6.54 Å². The van der Waals surface area contributed by atoms with Crippen LogP contribution in [0.15, 0.2) is 34.0 Å². The topological polar surface area (TPSA) is 70.6 Å². The van der Waals surface area contributed by atoms with Crippen LogP contribution in [0.1, 0.15) is 17.5 Å². The summed E-state index contributed by atoms with van der Waals surface area (Å²) < 4.78 is 44.0. The summed E-state index contributed by atoms with van der Waals surface area (Å²) in [6.45, 7) is 5.96. The minimum Gasteiger partial charge on any atom is -0.482 e. The van der Waals surface area contributed by atoms with Gasteiger partial charge in [-0.15, -0.1) is 17.0 Å². The third-order valence-corrected chi connectivity index (χ3v) is 5.32. The van der Waals surface area contributed by atoms with Crippen LogP contribution in [0.25, 0.3) is 0 Å². The molecule has 0 saturated carbocycles. The first kappa shape index (κ1) is 26.0. The summed E-state index contributed by atoms with van der Waals surface area (Å²) in [4.78, 5) is 30.7. The van der Waals surface area contributed by atoms with Crippen molar-refractivity contribution in [1.29, 1.82) is 0 Å².